The molecule has 1 unspecified atom stereocenters. The molecule has 3 fully saturated rings. The van der Waals surface area contributed by atoms with Crippen molar-refractivity contribution in [2.45, 2.75) is 45.3 Å². The smallest absolute Gasteiger partial charge is 0.204 e. The summed E-state index contributed by atoms with van der Waals surface area (Å²) in [7, 11) is 0. The van der Waals surface area contributed by atoms with Gasteiger partial charge in [-0.3, -0.25) is 9.59 Å². The Labute approximate surface area is 107 Å². The summed E-state index contributed by atoms with van der Waals surface area (Å²) in [6.07, 6.45) is 2.60. The summed E-state index contributed by atoms with van der Waals surface area (Å²) in [6.45, 7) is 5.34. The Morgan fingerprint density at radius 2 is 1.83 bits per heavy atom. The van der Waals surface area contributed by atoms with Crippen molar-refractivity contribution < 1.29 is 19.1 Å². The van der Waals surface area contributed by atoms with Gasteiger partial charge in [0, 0.05) is 24.2 Å². The molecule has 0 aromatic heterocycles. The molecule has 4 nitrogen and oxygen atoms in total. The molecule has 2 aliphatic carbocycles. The average molecular weight is 252 g/mol. The van der Waals surface area contributed by atoms with Crippen molar-refractivity contribution in [2.24, 2.45) is 17.3 Å². The fraction of sp³-hybridized carbons (Fsp3) is 0.857. The lowest BCUT2D eigenvalue weighted by molar-refractivity contribution is -0.242. The number of fused-ring (bicyclic) bond motifs is 1. The third-order valence-electron chi connectivity index (χ3n) is 5.34. The Morgan fingerprint density at radius 1 is 1.17 bits per heavy atom. The second-order valence-electron chi connectivity index (χ2n) is 6.11. The van der Waals surface area contributed by atoms with Gasteiger partial charge in [-0.2, -0.15) is 0 Å². The molecule has 4 heteroatoms. The maximum Gasteiger partial charge on any atom is 0.204 e. The molecule has 3 rings (SSSR count). The molecule has 0 N–H and O–H groups in total. The summed E-state index contributed by atoms with van der Waals surface area (Å²) in [4.78, 5) is 23.9. The van der Waals surface area contributed by atoms with Crippen molar-refractivity contribution in [1.82, 2.24) is 0 Å². The van der Waals surface area contributed by atoms with Gasteiger partial charge in [0.1, 0.15) is 0 Å². The lowest BCUT2D eigenvalue weighted by atomic mass is 9.54. The van der Waals surface area contributed by atoms with E-state index in [1.165, 1.54) is 0 Å². The molecule has 0 radical (unpaired) electrons. The Kier molecular flexibility index (Phi) is 2.65. The van der Waals surface area contributed by atoms with Crippen LogP contribution in [0.2, 0.25) is 0 Å². The normalized spacial score (nSPS) is 43.2. The molecule has 3 aliphatic rings. The van der Waals surface area contributed by atoms with Crippen molar-refractivity contribution in [3.05, 3.63) is 0 Å². The largest absolute Gasteiger partial charge is 0.347 e. The van der Waals surface area contributed by atoms with Gasteiger partial charge in [0.2, 0.25) is 5.78 Å². The van der Waals surface area contributed by atoms with Crippen LogP contribution in [0.5, 0.6) is 0 Å². The van der Waals surface area contributed by atoms with Crippen molar-refractivity contribution in [3.8, 4) is 0 Å². The van der Waals surface area contributed by atoms with Crippen molar-refractivity contribution in [1.29, 1.82) is 0 Å². The SMILES string of the molecule is C[C@H]1C2CCC(=O)C(=O)[C@@]2(C)CCC12OCCO2. The van der Waals surface area contributed by atoms with E-state index in [-0.39, 0.29) is 23.4 Å². The highest BCUT2D eigenvalue weighted by atomic mass is 16.7. The quantitative estimate of drug-likeness (QED) is 0.616. The summed E-state index contributed by atoms with van der Waals surface area (Å²) < 4.78 is 11.7. The lowest BCUT2D eigenvalue weighted by Gasteiger charge is -2.52. The Balaban J connectivity index is 1.92. The van der Waals surface area contributed by atoms with E-state index in [1.54, 1.807) is 0 Å². The summed E-state index contributed by atoms with van der Waals surface area (Å²) >= 11 is 0. The topological polar surface area (TPSA) is 52.6 Å². The minimum absolute atomic E-state index is 0.168. The van der Waals surface area contributed by atoms with E-state index >= 15 is 0 Å². The van der Waals surface area contributed by atoms with Crippen LogP contribution in [0.25, 0.3) is 0 Å². The molecule has 1 heterocycles. The number of ketones is 2. The highest BCUT2D eigenvalue weighted by Gasteiger charge is 2.59. The van der Waals surface area contributed by atoms with E-state index in [0.29, 0.717) is 26.1 Å². The van der Waals surface area contributed by atoms with Gasteiger partial charge in [0.25, 0.3) is 0 Å². The Hall–Kier alpha value is -0.740. The maximum atomic E-state index is 12.2. The van der Waals surface area contributed by atoms with Gasteiger partial charge in [-0.25, -0.2) is 0 Å². The van der Waals surface area contributed by atoms with E-state index in [1.807, 2.05) is 6.92 Å². The molecule has 2 saturated carbocycles. The van der Waals surface area contributed by atoms with Crippen LogP contribution in [0, 0.1) is 17.3 Å². The molecular weight excluding hydrogens is 232 g/mol. The van der Waals surface area contributed by atoms with Crippen molar-refractivity contribution in [3.63, 3.8) is 0 Å². The predicted octanol–water partition coefficient (Wildman–Crippen LogP) is 1.71. The number of hydrogen-bond donors (Lipinski definition) is 0. The van der Waals surface area contributed by atoms with Gasteiger partial charge in [0.05, 0.1) is 13.2 Å². The van der Waals surface area contributed by atoms with Crippen LogP contribution in [-0.2, 0) is 19.1 Å². The summed E-state index contributed by atoms with van der Waals surface area (Å²) in [6, 6.07) is 0. The van der Waals surface area contributed by atoms with Crippen LogP contribution in [-0.4, -0.2) is 30.6 Å². The number of carbonyl (C=O) groups is 2. The maximum absolute atomic E-state index is 12.2. The zero-order chi connectivity index (χ0) is 13.0. The fourth-order valence-corrected chi connectivity index (χ4v) is 4.15. The lowest BCUT2D eigenvalue weighted by Crippen LogP contribution is -2.57. The van der Waals surface area contributed by atoms with Crippen molar-refractivity contribution >= 4 is 11.6 Å². The van der Waals surface area contributed by atoms with Gasteiger partial charge in [0.15, 0.2) is 11.6 Å². The summed E-state index contributed by atoms with van der Waals surface area (Å²) in [5.74, 6) is -0.473. The monoisotopic (exact) mass is 252 g/mol. The molecule has 0 amide bonds. The molecule has 1 aliphatic heterocycles. The van der Waals surface area contributed by atoms with Gasteiger partial charge >= 0.3 is 0 Å². The highest BCUT2D eigenvalue weighted by molar-refractivity contribution is 6.39. The average Bonchev–Trinajstić information content (AvgIpc) is 2.82. The molecule has 1 saturated heterocycles. The molecule has 100 valence electrons. The van der Waals surface area contributed by atoms with E-state index in [0.717, 1.165) is 12.8 Å². The van der Waals surface area contributed by atoms with Crippen LogP contribution in [0.15, 0.2) is 0 Å². The summed E-state index contributed by atoms with van der Waals surface area (Å²) in [5, 5.41) is 0. The van der Waals surface area contributed by atoms with E-state index in [2.05, 4.69) is 6.92 Å². The second kappa shape index (κ2) is 3.87. The molecule has 1 spiro atoms. The highest BCUT2D eigenvalue weighted by Crippen LogP contribution is 2.55. The zero-order valence-electron chi connectivity index (χ0n) is 11.0. The van der Waals surface area contributed by atoms with E-state index in [4.69, 9.17) is 9.47 Å². The fourth-order valence-electron chi connectivity index (χ4n) is 4.15. The number of Topliss-reactive ketones (excluding diaryl/α,β-unsaturated/α-hetero) is 2. The number of ether oxygens (including phenoxy) is 2. The minimum Gasteiger partial charge on any atom is -0.347 e. The summed E-state index contributed by atoms with van der Waals surface area (Å²) in [5.41, 5.74) is -0.491. The Bertz CT molecular complexity index is 397. The molecular formula is C14H20O4. The van der Waals surface area contributed by atoms with Gasteiger partial charge in [-0.15, -0.1) is 0 Å². The first-order chi connectivity index (χ1) is 8.50. The molecule has 0 aromatic rings. The van der Waals surface area contributed by atoms with Crippen LogP contribution >= 0.6 is 0 Å². The van der Waals surface area contributed by atoms with E-state index < -0.39 is 11.2 Å². The third-order valence-corrected chi connectivity index (χ3v) is 5.34. The Morgan fingerprint density at radius 3 is 2.50 bits per heavy atom. The van der Waals surface area contributed by atoms with E-state index in [9.17, 15) is 9.59 Å². The minimum atomic E-state index is -0.495. The first-order valence-corrected chi connectivity index (χ1v) is 6.85. The second-order valence-corrected chi connectivity index (χ2v) is 6.11. The van der Waals surface area contributed by atoms with Crippen LogP contribution in [0.3, 0.4) is 0 Å². The molecule has 0 bridgehead atoms. The first kappa shape index (κ1) is 12.3. The van der Waals surface area contributed by atoms with Crippen LogP contribution in [0.1, 0.15) is 39.5 Å². The number of rotatable bonds is 0. The third kappa shape index (κ3) is 1.45. The zero-order valence-corrected chi connectivity index (χ0v) is 11.0. The van der Waals surface area contributed by atoms with Crippen LogP contribution in [0.4, 0.5) is 0 Å². The predicted molar refractivity (Wildman–Crippen MR) is 63.9 cm³/mol. The number of hydrogen-bond acceptors (Lipinski definition) is 4. The van der Waals surface area contributed by atoms with Crippen LogP contribution < -0.4 is 0 Å². The van der Waals surface area contributed by atoms with Gasteiger partial charge in [-0.05, 0) is 18.8 Å². The number of carbonyl (C=O) groups excluding carboxylic acids is 2. The molecule has 18 heavy (non-hydrogen) atoms. The van der Waals surface area contributed by atoms with Gasteiger partial charge in [-0.1, -0.05) is 13.8 Å². The van der Waals surface area contributed by atoms with Gasteiger partial charge < -0.3 is 9.47 Å². The van der Waals surface area contributed by atoms with Crippen molar-refractivity contribution in [2.75, 3.05) is 13.2 Å². The standard InChI is InChI=1S/C14H20O4/c1-9-10-3-4-11(15)12(16)13(10,2)5-6-14(9)17-7-8-18-14/h9-10H,3-8H2,1-2H3/t9-,10?,13-/m0/s1. The molecule has 0 aromatic carbocycles. The molecule has 3 atom stereocenters. The first-order valence-electron chi connectivity index (χ1n) is 6.85.